The molecule has 0 aliphatic carbocycles. The molecule has 2 aromatic rings. The Morgan fingerprint density at radius 2 is 1.69 bits per heavy atom. The Morgan fingerprint density at radius 3 is 2.33 bits per heavy atom. The number of carbonyl (C=O) groups is 4. The lowest BCUT2D eigenvalue weighted by molar-refractivity contribution is -0.131. The molecule has 1 saturated heterocycles. The third-order valence-corrected chi connectivity index (χ3v) is 6.78. The SMILES string of the molecule is CC(C)CC(NC(=O)c1ccc2c(c1)OCO2)C(=O)NC(CC1CCNC1=O)C(=O)COc1c(F)c(F)cc(F)c1F. The number of hydrogen-bond donors (Lipinski definition) is 3. The summed E-state index contributed by atoms with van der Waals surface area (Å²) in [5.74, 6) is -11.1. The van der Waals surface area contributed by atoms with Gasteiger partial charge in [0.25, 0.3) is 5.91 Å². The van der Waals surface area contributed by atoms with Gasteiger partial charge in [0.05, 0.1) is 6.04 Å². The molecule has 3 N–H and O–H groups in total. The van der Waals surface area contributed by atoms with Crippen molar-refractivity contribution >= 4 is 23.5 Å². The standard InChI is InChI=1S/C28H29F4N3O7/c1-13(2)7-19(35-27(38)14-3-4-21-22(9-14)42-12-41-21)28(39)34-18(8-15-5-6-33-26(15)37)20(36)11-40-25-23(31)16(29)10-17(30)24(25)32/h3-4,9-10,13,15,18-19H,5-8,11-12H2,1-2H3,(H,33,37)(H,34,39)(H,35,38). The lowest BCUT2D eigenvalue weighted by Gasteiger charge is -2.25. The molecule has 3 atom stereocenters. The highest BCUT2D eigenvalue weighted by Crippen LogP contribution is 2.32. The monoisotopic (exact) mass is 595 g/mol. The molecule has 10 nitrogen and oxygen atoms in total. The maximum absolute atomic E-state index is 14.0. The fraction of sp³-hybridized carbons (Fsp3) is 0.429. The number of nitrogens with one attached hydrogen (secondary N) is 3. The highest BCUT2D eigenvalue weighted by Gasteiger charge is 2.34. The van der Waals surface area contributed by atoms with E-state index in [4.69, 9.17) is 14.2 Å². The lowest BCUT2D eigenvalue weighted by atomic mass is 9.95. The van der Waals surface area contributed by atoms with Crippen molar-refractivity contribution in [3.05, 3.63) is 53.1 Å². The number of Topliss-reactive ketones (excluding diaryl/α,β-unsaturated/α-hetero) is 1. The maximum Gasteiger partial charge on any atom is 0.252 e. The van der Waals surface area contributed by atoms with Crippen LogP contribution in [0.3, 0.4) is 0 Å². The molecule has 0 spiro atoms. The van der Waals surface area contributed by atoms with E-state index in [9.17, 15) is 36.7 Å². The van der Waals surface area contributed by atoms with Crippen molar-refractivity contribution in [1.29, 1.82) is 0 Å². The quantitative estimate of drug-likeness (QED) is 0.254. The molecule has 0 bridgehead atoms. The zero-order chi connectivity index (χ0) is 30.6. The highest BCUT2D eigenvalue weighted by molar-refractivity contribution is 5.99. The molecular formula is C28H29F4N3O7. The van der Waals surface area contributed by atoms with Gasteiger partial charge in [0.2, 0.25) is 30.2 Å². The Labute approximate surface area is 238 Å². The first-order valence-electron chi connectivity index (χ1n) is 13.2. The summed E-state index contributed by atoms with van der Waals surface area (Å²) in [4.78, 5) is 51.7. The molecule has 0 saturated carbocycles. The van der Waals surface area contributed by atoms with Crippen LogP contribution in [-0.2, 0) is 14.4 Å². The normalized spacial score (nSPS) is 17.0. The first-order chi connectivity index (χ1) is 19.9. The molecule has 2 aliphatic heterocycles. The van der Waals surface area contributed by atoms with Gasteiger partial charge in [-0.2, -0.15) is 8.78 Å². The van der Waals surface area contributed by atoms with Gasteiger partial charge in [-0.25, -0.2) is 8.78 Å². The van der Waals surface area contributed by atoms with E-state index in [-0.39, 0.29) is 43.1 Å². The van der Waals surface area contributed by atoms with Crippen molar-refractivity contribution in [1.82, 2.24) is 16.0 Å². The average molecular weight is 596 g/mol. The van der Waals surface area contributed by atoms with E-state index < -0.39 is 71.2 Å². The first-order valence-corrected chi connectivity index (χ1v) is 13.2. The molecule has 0 aromatic heterocycles. The summed E-state index contributed by atoms with van der Waals surface area (Å²) in [6.45, 7) is 2.90. The molecule has 226 valence electrons. The van der Waals surface area contributed by atoms with Crippen molar-refractivity contribution in [2.24, 2.45) is 11.8 Å². The molecule has 3 unspecified atom stereocenters. The Kier molecular flexibility index (Phi) is 9.53. The zero-order valence-corrected chi connectivity index (χ0v) is 22.7. The summed E-state index contributed by atoms with van der Waals surface area (Å²) in [6.07, 6.45) is 0.336. The Balaban J connectivity index is 1.50. The van der Waals surface area contributed by atoms with Crippen molar-refractivity contribution in [3.63, 3.8) is 0 Å². The van der Waals surface area contributed by atoms with Gasteiger partial charge in [0.1, 0.15) is 12.6 Å². The predicted octanol–water partition coefficient (Wildman–Crippen LogP) is 2.78. The number of ether oxygens (including phenoxy) is 3. The average Bonchev–Trinajstić information content (AvgIpc) is 3.58. The summed E-state index contributed by atoms with van der Waals surface area (Å²) in [5.41, 5.74) is 0.191. The number of carbonyl (C=O) groups excluding carboxylic acids is 4. The number of amides is 3. The topological polar surface area (TPSA) is 132 Å². The summed E-state index contributed by atoms with van der Waals surface area (Å²) >= 11 is 0. The van der Waals surface area contributed by atoms with Crippen LogP contribution in [0.1, 0.15) is 43.5 Å². The van der Waals surface area contributed by atoms with E-state index in [1.54, 1.807) is 6.07 Å². The van der Waals surface area contributed by atoms with Crippen LogP contribution in [0.4, 0.5) is 17.6 Å². The smallest absolute Gasteiger partial charge is 0.252 e. The van der Waals surface area contributed by atoms with E-state index in [2.05, 4.69) is 16.0 Å². The molecule has 14 heteroatoms. The van der Waals surface area contributed by atoms with Crippen LogP contribution in [-0.4, -0.2) is 55.5 Å². The van der Waals surface area contributed by atoms with Gasteiger partial charge >= 0.3 is 0 Å². The minimum atomic E-state index is -1.83. The largest absolute Gasteiger partial charge is 0.479 e. The van der Waals surface area contributed by atoms with E-state index in [0.717, 1.165) is 0 Å². The van der Waals surface area contributed by atoms with Gasteiger partial charge in [-0.05, 0) is 43.4 Å². The Bertz CT molecular complexity index is 1360. The van der Waals surface area contributed by atoms with Crippen molar-refractivity contribution in [3.8, 4) is 17.2 Å². The van der Waals surface area contributed by atoms with Gasteiger partial charge in [0, 0.05) is 24.1 Å². The van der Waals surface area contributed by atoms with Gasteiger partial charge < -0.3 is 30.2 Å². The third kappa shape index (κ3) is 7.09. The van der Waals surface area contributed by atoms with Gasteiger partial charge in [0.15, 0.2) is 34.7 Å². The molecular weight excluding hydrogens is 566 g/mol. The number of hydrogen-bond acceptors (Lipinski definition) is 7. The second-order valence-electron chi connectivity index (χ2n) is 10.3. The second kappa shape index (κ2) is 13.1. The third-order valence-electron chi connectivity index (χ3n) is 6.78. The number of fused-ring (bicyclic) bond motifs is 1. The highest BCUT2D eigenvalue weighted by atomic mass is 19.2. The summed E-state index contributed by atoms with van der Waals surface area (Å²) in [6, 6.07) is 1.97. The van der Waals surface area contributed by atoms with Crippen LogP contribution in [0.25, 0.3) is 0 Å². The molecule has 4 rings (SSSR count). The van der Waals surface area contributed by atoms with Crippen molar-refractivity contribution in [2.75, 3.05) is 19.9 Å². The van der Waals surface area contributed by atoms with Crippen molar-refractivity contribution < 1.29 is 51.0 Å². The van der Waals surface area contributed by atoms with Crippen molar-refractivity contribution in [2.45, 2.75) is 45.2 Å². The van der Waals surface area contributed by atoms with Gasteiger partial charge in [-0.15, -0.1) is 0 Å². The zero-order valence-electron chi connectivity index (χ0n) is 22.7. The molecule has 2 aromatic carbocycles. The minimum absolute atomic E-state index is 0.00434. The van der Waals surface area contributed by atoms with E-state index >= 15 is 0 Å². The summed E-state index contributed by atoms with van der Waals surface area (Å²) in [5, 5.41) is 7.76. The number of ketones is 1. The van der Waals surface area contributed by atoms with Crippen LogP contribution in [0, 0.1) is 35.1 Å². The molecule has 2 aliphatic rings. The maximum atomic E-state index is 14.0. The molecule has 2 heterocycles. The fourth-order valence-corrected chi connectivity index (χ4v) is 4.60. The molecule has 1 fully saturated rings. The van der Waals surface area contributed by atoms with Crippen LogP contribution in [0.15, 0.2) is 24.3 Å². The Morgan fingerprint density at radius 1 is 1.00 bits per heavy atom. The summed E-state index contributed by atoms with van der Waals surface area (Å²) in [7, 11) is 0. The number of halogens is 4. The minimum Gasteiger partial charge on any atom is -0.479 e. The first kappa shape index (κ1) is 30.6. The predicted molar refractivity (Wildman–Crippen MR) is 138 cm³/mol. The van der Waals surface area contributed by atoms with Gasteiger partial charge in [-0.3, -0.25) is 19.2 Å². The van der Waals surface area contributed by atoms with Gasteiger partial charge in [-0.1, -0.05) is 13.8 Å². The lowest BCUT2D eigenvalue weighted by Crippen LogP contribution is -2.53. The molecule has 42 heavy (non-hydrogen) atoms. The number of benzene rings is 2. The number of rotatable bonds is 12. The molecule has 3 amide bonds. The van der Waals surface area contributed by atoms with Crippen LogP contribution in [0.5, 0.6) is 17.2 Å². The second-order valence-corrected chi connectivity index (χ2v) is 10.3. The summed E-state index contributed by atoms with van der Waals surface area (Å²) < 4.78 is 70.6. The van der Waals surface area contributed by atoms with Crippen LogP contribution < -0.4 is 30.2 Å². The van der Waals surface area contributed by atoms with E-state index in [0.29, 0.717) is 24.5 Å². The van der Waals surface area contributed by atoms with Crippen LogP contribution >= 0.6 is 0 Å². The fourth-order valence-electron chi connectivity index (χ4n) is 4.60. The Hall–Kier alpha value is -4.36. The van der Waals surface area contributed by atoms with E-state index in [1.807, 2.05) is 13.8 Å². The van der Waals surface area contributed by atoms with E-state index in [1.165, 1.54) is 12.1 Å². The van der Waals surface area contributed by atoms with Crippen LogP contribution in [0.2, 0.25) is 0 Å². The molecule has 0 radical (unpaired) electrons.